The number of hydrogen-bond acceptors (Lipinski definition) is 4. The Morgan fingerprint density at radius 2 is 2.04 bits per heavy atom. The molecule has 3 heterocycles. The van der Waals surface area contributed by atoms with Crippen LogP contribution in [0.25, 0.3) is 10.9 Å². The zero-order valence-corrected chi connectivity index (χ0v) is 15.9. The van der Waals surface area contributed by atoms with E-state index in [1.807, 2.05) is 11.0 Å². The predicted molar refractivity (Wildman–Crippen MR) is 104 cm³/mol. The van der Waals surface area contributed by atoms with Gasteiger partial charge in [-0.25, -0.2) is 4.98 Å². The number of aryl methyl sites for hydroxylation is 1. The van der Waals surface area contributed by atoms with Crippen LogP contribution in [0, 0.1) is 0 Å². The van der Waals surface area contributed by atoms with Gasteiger partial charge in [-0.2, -0.15) is 0 Å². The van der Waals surface area contributed by atoms with E-state index in [1.165, 1.54) is 6.42 Å². The molecule has 0 unspecified atom stereocenters. The van der Waals surface area contributed by atoms with Crippen molar-refractivity contribution in [2.24, 2.45) is 0 Å². The van der Waals surface area contributed by atoms with Gasteiger partial charge in [0, 0.05) is 25.6 Å². The van der Waals surface area contributed by atoms with Crippen molar-refractivity contribution in [3.8, 4) is 5.75 Å². The molecule has 2 aromatic rings. The third-order valence-corrected chi connectivity index (χ3v) is 5.77. The smallest absolute Gasteiger partial charge is 0.261 e. The van der Waals surface area contributed by atoms with Crippen molar-refractivity contribution in [2.45, 2.75) is 64.5 Å². The Balaban J connectivity index is 1.54. The van der Waals surface area contributed by atoms with Crippen LogP contribution < -0.4 is 10.3 Å². The first-order valence-corrected chi connectivity index (χ1v) is 10.1. The lowest BCUT2D eigenvalue weighted by Gasteiger charge is -2.33. The van der Waals surface area contributed by atoms with Crippen molar-refractivity contribution in [3.05, 3.63) is 34.4 Å². The zero-order chi connectivity index (χ0) is 18.8. The Kier molecular flexibility index (Phi) is 5.14. The number of ether oxygens (including phenoxy) is 1. The standard InChI is InChI=1S/C21H27N3O3/c1-15-7-4-6-11-23(15)20(25)14-27-16-9-10-18-17(13-16)21(26)24-12-5-2-3-8-19(24)22-18/h9-10,13,15H,2-8,11-12,14H2,1H3/t15-/m1/s1. The van der Waals surface area contributed by atoms with Gasteiger partial charge in [0.1, 0.15) is 11.6 Å². The molecule has 2 aliphatic heterocycles. The molecule has 27 heavy (non-hydrogen) atoms. The van der Waals surface area contributed by atoms with E-state index in [1.54, 1.807) is 16.7 Å². The summed E-state index contributed by atoms with van der Waals surface area (Å²) in [6.45, 7) is 3.63. The van der Waals surface area contributed by atoms with Gasteiger partial charge >= 0.3 is 0 Å². The molecule has 6 heteroatoms. The molecule has 144 valence electrons. The van der Waals surface area contributed by atoms with Crippen molar-refractivity contribution < 1.29 is 9.53 Å². The average molecular weight is 369 g/mol. The molecule has 6 nitrogen and oxygen atoms in total. The maximum Gasteiger partial charge on any atom is 0.261 e. The lowest BCUT2D eigenvalue weighted by atomic mass is 10.0. The number of hydrogen-bond donors (Lipinski definition) is 0. The summed E-state index contributed by atoms with van der Waals surface area (Å²) in [6, 6.07) is 5.63. The second-order valence-corrected chi connectivity index (χ2v) is 7.70. The molecule has 1 atom stereocenters. The van der Waals surface area contributed by atoms with E-state index in [2.05, 4.69) is 11.9 Å². The van der Waals surface area contributed by atoms with Crippen LogP contribution in [0.3, 0.4) is 0 Å². The molecule has 0 N–H and O–H groups in total. The minimum atomic E-state index is -0.00155. The fraction of sp³-hybridized carbons (Fsp3) is 0.571. The quantitative estimate of drug-likeness (QED) is 0.834. The van der Waals surface area contributed by atoms with E-state index in [4.69, 9.17) is 4.74 Å². The maximum atomic E-state index is 12.9. The second-order valence-electron chi connectivity index (χ2n) is 7.70. The van der Waals surface area contributed by atoms with Gasteiger partial charge in [-0.1, -0.05) is 6.42 Å². The third kappa shape index (κ3) is 3.70. The first kappa shape index (κ1) is 18.0. The first-order chi connectivity index (χ1) is 13.1. The molecule has 1 aromatic heterocycles. The molecule has 1 fully saturated rings. The number of likely N-dealkylation sites (tertiary alicyclic amines) is 1. The Morgan fingerprint density at radius 1 is 1.19 bits per heavy atom. The van der Waals surface area contributed by atoms with Crippen LogP contribution in [0.1, 0.15) is 51.3 Å². The van der Waals surface area contributed by atoms with Gasteiger partial charge in [0.05, 0.1) is 10.9 Å². The van der Waals surface area contributed by atoms with E-state index in [-0.39, 0.29) is 24.1 Å². The molecular formula is C21H27N3O3. The fourth-order valence-electron chi connectivity index (χ4n) is 4.18. The number of carbonyl (C=O) groups is 1. The number of nitrogens with zero attached hydrogens (tertiary/aromatic N) is 3. The van der Waals surface area contributed by atoms with Gasteiger partial charge in [-0.15, -0.1) is 0 Å². The summed E-state index contributed by atoms with van der Waals surface area (Å²) >= 11 is 0. The first-order valence-electron chi connectivity index (χ1n) is 10.1. The minimum absolute atomic E-state index is 0.00155. The van der Waals surface area contributed by atoms with E-state index in [0.717, 1.165) is 57.4 Å². The minimum Gasteiger partial charge on any atom is -0.484 e. The molecule has 1 saturated heterocycles. The van der Waals surface area contributed by atoms with E-state index < -0.39 is 0 Å². The number of aromatic nitrogens is 2. The van der Waals surface area contributed by atoms with Gasteiger partial charge in [0.25, 0.3) is 11.5 Å². The number of amides is 1. The average Bonchev–Trinajstić information content (AvgIpc) is 2.92. The number of carbonyl (C=O) groups excluding carboxylic acids is 1. The number of piperidine rings is 1. The topological polar surface area (TPSA) is 64.4 Å². The SMILES string of the molecule is C[C@@H]1CCCCN1C(=O)COc1ccc2nc3n(c(=O)c2c1)CCCCC3. The molecular weight excluding hydrogens is 342 g/mol. The Hall–Kier alpha value is -2.37. The molecule has 0 radical (unpaired) electrons. The molecule has 0 bridgehead atoms. The predicted octanol–water partition coefficient (Wildman–Crippen LogP) is 2.90. The summed E-state index contributed by atoms with van der Waals surface area (Å²) in [6.07, 6.45) is 7.36. The van der Waals surface area contributed by atoms with Gasteiger partial charge < -0.3 is 9.64 Å². The molecule has 0 spiro atoms. The zero-order valence-electron chi connectivity index (χ0n) is 15.9. The summed E-state index contributed by atoms with van der Waals surface area (Å²) in [4.78, 5) is 32.0. The molecule has 4 rings (SSSR count). The number of benzene rings is 1. The molecule has 0 aliphatic carbocycles. The van der Waals surface area contributed by atoms with Gasteiger partial charge in [0.15, 0.2) is 6.61 Å². The van der Waals surface area contributed by atoms with Crippen LogP contribution in [0.4, 0.5) is 0 Å². The molecule has 1 amide bonds. The van der Waals surface area contributed by atoms with Crippen LogP contribution in [0.5, 0.6) is 5.75 Å². The monoisotopic (exact) mass is 369 g/mol. The van der Waals surface area contributed by atoms with Crippen LogP contribution in [0.2, 0.25) is 0 Å². The summed E-state index contributed by atoms with van der Waals surface area (Å²) in [5.74, 6) is 1.44. The fourth-order valence-corrected chi connectivity index (χ4v) is 4.18. The number of rotatable bonds is 3. The van der Waals surface area contributed by atoms with Crippen LogP contribution >= 0.6 is 0 Å². The van der Waals surface area contributed by atoms with E-state index in [0.29, 0.717) is 16.7 Å². The highest BCUT2D eigenvalue weighted by molar-refractivity contribution is 5.80. The Bertz CT molecular complexity index is 905. The van der Waals surface area contributed by atoms with Gasteiger partial charge in [-0.05, 0) is 57.2 Å². The summed E-state index contributed by atoms with van der Waals surface area (Å²) in [7, 11) is 0. The summed E-state index contributed by atoms with van der Waals surface area (Å²) in [5.41, 5.74) is 0.704. The van der Waals surface area contributed by atoms with Crippen molar-refractivity contribution in [2.75, 3.05) is 13.2 Å². The Morgan fingerprint density at radius 3 is 2.89 bits per heavy atom. The van der Waals surface area contributed by atoms with Crippen LogP contribution in [-0.4, -0.2) is 39.6 Å². The molecule has 1 aromatic carbocycles. The van der Waals surface area contributed by atoms with E-state index >= 15 is 0 Å². The third-order valence-electron chi connectivity index (χ3n) is 5.77. The van der Waals surface area contributed by atoms with Crippen molar-refractivity contribution in [1.82, 2.24) is 14.5 Å². The highest BCUT2D eigenvalue weighted by Gasteiger charge is 2.23. The van der Waals surface area contributed by atoms with Crippen molar-refractivity contribution in [1.29, 1.82) is 0 Å². The Labute approximate surface area is 159 Å². The summed E-state index contributed by atoms with van der Waals surface area (Å²) in [5, 5.41) is 0.567. The van der Waals surface area contributed by atoms with Gasteiger partial charge in [0.2, 0.25) is 0 Å². The molecule has 0 saturated carbocycles. The lowest BCUT2D eigenvalue weighted by Crippen LogP contribution is -2.44. The van der Waals surface area contributed by atoms with Crippen molar-refractivity contribution >= 4 is 16.8 Å². The van der Waals surface area contributed by atoms with Crippen molar-refractivity contribution in [3.63, 3.8) is 0 Å². The van der Waals surface area contributed by atoms with Crippen LogP contribution in [0.15, 0.2) is 23.0 Å². The number of fused-ring (bicyclic) bond motifs is 2. The lowest BCUT2D eigenvalue weighted by molar-refractivity contribution is -0.136. The molecule has 2 aliphatic rings. The van der Waals surface area contributed by atoms with Crippen LogP contribution in [-0.2, 0) is 17.8 Å². The normalized spacial score (nSPS) is 20.2. The van der Waals surface area contributed by atoms with E-state index in [9.17, 15) is 9.59 Å². The largest absolute Gasteiger partial charge is 0.484 e. The highest BCUT2D eigenvalue weighted by Crippen LogP contribution is 2.21. The highest BCUT2D eigenvalue weighted by atomic mass is 16.5. The van der Waals surface area contributed by atoms with Gasteiger partial charge in [-0.3, -0.25) is 14.2 Å². The summed E-state index contributed by atoms with van der Waals surface area (Å²) < 4.78 is 7.54. The maximum absolute atomic E-state index is 12.9. The second kappa shape index (κ2) is 7.71.